The topological polar surface area (TPSA) is 59.8 Å². The lowest BCUT2D eigenvalue weighted by molar-refractivity contribution is -0.119. The summed E-state index contributed by atoms with van der Waals surface area (Å²) in [5.74, 6) is 0.707. The first-order valence-corrected chi connectivity index (χ1v) is 12.0. The molecule has 0 aliphatic heterocycles. The summed E-state index contributed by atoms with van der Waals surface area (Å²) in [5, 5.41) is 6.71. The van der Waals surface area contributed by atoms with Crippen LogP contribution in [-0.4, -0.2) is 26.2 Å². The van der Waals surface area contributed by atoms with Gasteiger partial charge in [-0.05, 0) is 29.2 Å². The normalized spacial score (nSPS) is 12.1. The summed E-state index contributed by atoms with van der Waals surface area (Å²) in [6.07, 6.45) is 5.45. The number of hydrogen-bond donors (Lipinski definition) is 1. The zero-order chi connectivity index (χ0) is 21.6. The number of thioether (sulfide) groups is 1. The van der Waals surface area contributed by atoms with E-state index in [1.165, 1.54) is 28.7 Å². The molecule has 1 N–H and O–H groups in total. The molecule has 0 saturated carbocycles. The first kappa shape index (κ1) is 21.3. The number of carbonyl (C=O) groups is 1. The molecule has 4 rings (SSSR count). The second-order valence-electron chi connectivity index (χ2n) is 7.40. The van der Waals surface area contributed by atoms with Gasteiger partial charge in [0.2, 0.25) is 5.91 Å². The average molecular weight is 449 g/mol. The number of imidazole rings is 1. The van der Waals surface area contributed by atoms with Crippen molar-refractivity contribution >= 4 is 29.0 Å². The highest BCUT2D eigenvalue weighted by Gasteiger charge is 2.19. The van der Waals surface area contributed by atoms with Crippen LogP contribution in [0.3, 0.4) is 0 Å². The Kier molecular flexibility index (Phi) is 6.84. The summed E-state index contributed by atoms with van der Waals surface area (Å²) in [7, 11) is 0. The molecule has 1 atom stereocenters. The molecule has 31 heavy (non-hydrogen) atoms. The number of amides is 1. The summed E-state index contributed by atoms with van der Waals surface area (Å²) < 4.78 is 2.01. The zero-order valence-electron chi connectivity index (χ0n) is 17.4. The zero-order valence-corrected chi connectivity index (χ0v) is 19.1. The molecule has 0 aliphatic carbocycles. The minimum absolute atomic E-state index is 0.0567. The van der Waals surface area contributed by atoms with E-state index in [0.29, 0.717) is 5.92 Å². The van der Waals surface area contributed by atoms with E-state index in [1.807, 2.05) is 46.5 Å². The highest BCUT2D eigenvalue weighted by atomic mass is 32.2. The van der Waals surface area contributed by atoms with Crippen LogP contribution in [0.25, 0.3) is 5.69 Å². The molecule has 0 spiro atoms. The largest absolute Gasteiger partial charge is 0.342 e. The summed E-state index contributed by atoms with van der Waals surface area (Å²) in [6.45, 7) is 4.36. The van der Waals surface area contributed by atoms with Gasteiger partial charge in [-0.3, -0.25) is 9.36 Å². The van der Waals surface area contributed by atoms with Gasteiger partial charge in [0.15, 0.2) is 5.16 Å². The van der Waals surface area contributed by atoms with Crippen molar-refractivity contribution in [2.24, 2.45) is 0 Å². The van der Waals surface area contributed by atoms with E-state index in [4.69, 9.17) is 0 Å². The maximum Gasteiger partial charge on any atom is 0.231 e. The molecule has 158 valence electrons. The van der Waals surface area contributed by atoms with Crippen LogP contribution in [-0.2, 0) is 4.79 Å². The Morgan fingerprint density at radius 3 is 2.48 bits per heavy atom. The van der Waals surface area contributed by atoms with Gasteiger partial charge in [0.05, 0.1) is 5.75 Å². The highest BCUT2D eigenvalue weighted by Crippen LogP contribution is 2.25. The molecule has 7 heteroatoms. The SMILES string of the molecule is CC(C)c1ccc(-n2ccnc2SCC(=O)NC(c2ccccc2)c2nccs2)cc1. The van der Waals surface area contributed by atoms with E-state index in [0.717, 1.165) is 21.4 Å². The Balaban J connectivity index is 1.44. The lowest BCUT2D eigenvalue weighted by Crippen LogP contribution is -2.30. The molecule has 0 radical (unpaired) electrons. The molecular formula is C24H24N4OS2. The molecule has 5 nitrogen and oxygen atoms in total. The number of carbonyl (C=O) groups excluding carboxylic acids is 1. The van der Waals surface area contributed by atoms with Gasteiger partial charge in [-0.25, -0.2) is 9.97 Å². The number of hydrogen-bond acceptors (Lipinski definition) is 5. The Morgan fingerprint density at radius 2 is 1.81 bits per heavy atom. The first-order valence-electron chi connectivity index (χ1n) is 10.1. The Hall–Kier alpha value is -2.90. The molecule has 2 aromatic heterocycles. The van der Waals surface area contributed by atoms with Crippen molar-refractivity contribution in [2.45, 2.75) is 31.0 Å². The predicted octanol–water partition coefficient (Wildman–Crippen LogP) is 5.45. The van der Waals surface area contributed by atoms with Crippen molar-refractivity contribution in [2.75, 3.05) is 5.75 Å². The number of thiazole rings is 1. The van der Waals surface area contributed by atoms with Gasteiger partial charge in [-0.15, -0.1) is 11.3 Å². The second-order valence-corrected chi connectivity index (χ2v) is 9.26. The minimum Gasteiger partial charge on any atom is -0.342 e. The Morgan fingerprint density at radius 1 is 1.03 bits per heavy atom. The van der Waals surface area contributed by atoms with Gasteiger partial charge in [0.25, 0.3) is 0 Å². The number of aromatic nitrogens is 3. The number of nitrogens with one attached hydrogen (secondary N) is 1. The Labute approximate surface area is 190 Å². The van der Waals surface area contributed by atoms with Gasteiger partial charge in [-0.1, -0.05) is 68.1 Å². The third kappa shape index (κ3) is 5.24. The fourth-order valence-corrected chi connectivity index (χ4v) is 4.75. The highest BCUT2D eigenvalue weighted by molar-refractivity contribution is 7.99. The molecular weight excluding hydrogens is 424 g/mol. The molecule has 2 heterocycles. The fourth-order valence-electron chi connectivity index (χ4n) is 3.26. The van der Waals surface area contributed by atoms with E-state index in [2.05, 4.69) is 53.4 Å². The molecule has 2 aromatic carbocycles. The molecule has 0 aliphatic rings. The van der Waals surface area contributed by atoms with Crippen molar-refractivity contribution in [1.29, 1.82) is 0 Å². The van der Waals surface area contributed by atoms with Gasteiger partial charge in [0.1, 0.15) is 11.0 Å². The monoisotopic (exact) mass is 448 g/mol. The van der Waals surface area contributed by atoms with Gasteiger partial charge in [-0.2, -0.15) is 0 Å². The molecule has 1 unspecified atom stereocenters. The van der Waals surface area contributed by atoms with E-state index in [1.54, 1.807) is 12.4 Å². The van der Waals surface area contributed by atoms with Crippen LogP contribution in [0.2, 0.25) is 0 Å². The van der Waals surface area contributed by atoms with Crippen LogP contribution in [0.4, 0.5) is 0 Å². The van der Waals surface area contributed by atoms with Crippen LogP contribution in [0.15, 0.2) is 83.7 Å². The first-order chi connectivity index (χ1) is 15.1. The van der Waals surface area contributed by atoms with E-state index < -0.39 is 0 Å². The van der Waals surface area contributed by atoms with Crippen molar-refractivity contribution in [3.63, 3.8) is 0 Å². The second kappa shape index (κ2) is 9.94. The summed E-state index contributed by atoms with van der Waals surface area (Å²) >= 11 is 2.96. The van der Waals surface area contributed by atoms with E-state index >= 15 is 0 Å². The van der Waals surface area contributed by atoms with Gasteiger partial charge in [0, 0.05) is 29.7 Å². The number of rotatable bonds is 8. The van der Waals surface area contributed by atoms with Crippen LogP contribution in [0.5, 0.6) is 0 Å². The van der Waals surface area contributed by atoms with Crippen LogP contribution < -0.4 is 5.32 Å². The van der Waals surface area contributed by atoms with E-state index in [9.17, 15) is 4.79 Å². The molecule has 1 amide bonds. The summed E-state index contributed by atoms with van der Waals surface area (Å²) in [5.41, 5.74) is 3.35. The quantitative estimate of drug-likeness (QED) is 0.364. The molecule has 0 fully saturated rings. The molecule has 0 saturated heterocycles. The lowest BCUT2D eigenvalue weighted by Gasteiger charge is -2.17. The van der Waals surface area contributed by atoms with Crippen LogP contribution in [0, 0.1) is 0 Å². The van der Waals surface area contributed by atoms with Crippen molar-refractivity contribution < 1.29 is 4.79 Å². The smallest absolute Gasteiger partial charge is 0.231 e. The number of nitrogens with zero attached hydrogens (tertiary/aromatic N) is 3. The van der Waals surface area contributed by atoms with E-state index in [-0.39, 0.29) is 17.7 Å². The predicted molar refractivity (Wildman–Crippen MR) is 127 cm³/mol. The van der Waals surface area contributed by atoms with Crippen LogP contribution >= 0.6 is 23.1 Å². The van der Waals surface area contributed by atoms with Crippen LogP contribution in [0.1, 0.15) is 41.9 Å². The average Bonchev–Trinajstić information content (AvgIpc) is 3.49. The summed E-state index contributed by atoms with van der Waals surface area (Å²) in [6, 6.07) is 18.1. The standard InChI is InChI=1S/C24H24N4OS2/c1-17(2)18-8-10-20(11-9-18)28-14-12-26-24(28)31-16-21(29)27-22(23-25-13-15-30-23)19-6-4-3-5-7-19/h3-15,17,22H,16H2,1-2H3,(H,27,29). The van der Waals surface area contributed by atoms with Gasteiger partial charge < -0.3 is 5.32 Å². The minimum atomic E-state index is -0.252. The lowest BCUT2D eigenvalue weighted by atomic mass is 10.0. The van der Waals surface area contributed by atoms with Crippen molar-refractivity contribution in [1.82, 2.24) is 19.9 Å². The number of benzene rings is 2. The maximum absolute atomic E-state index is 12.8. The third-order valence-electron chi connectivity index (χ3n) is 4.91. The molecule has 4 aromatic rings. The fraction of sp³-hybridized carbons (Fsp3) is 0.208. The Bertz CT molecular complexity index is 1110. The van der Waals surface area contributed by atoms with Crippen molar-refractivity contribution in [3.05, 3.63) is 94.7 Å². The maximum atomic E-state index is 12.8. The van der Waals surface area contributed by atoms with Crippen molar-refractivity contribution in [3.8, 4) is 5.69 Å². The third-order valence-corrected chi connectivity index (χ3v) is 6.72. The molecule has 0 bridgehead atoms. The summed E-state index contributed by atoms with van der Waals surface area (Å²) in [4.78, 5) is 21.6. The van der Waals surface area contributed by atoms with Gasteiger partial charge >= 0.3 is 0 Å².